The molecule has 0 radical (unpaired) electrons. The molecule has 0 spiro atoms. The van der Waals surface area contributed by atoms with E-state index >= 15 is 0 Å². The number of carbonyl (C=O) groups is 2. The molecule has 1 unspecified atom stereocenters. The van der Waals surface area contributed by atoms with Crippen LogP contribution in [0.25, 0.3) is 0 Å². The number of aromatic nitrogens is 1. The largest absolute Gasteiger partial charge is 0.462 e. The summed E-state index contributed by atoms with van der Waals surface area (Å²) in [5, 5.41) is 2.70. The molecular formula is C19H20N2O3S. The molecule has 1 atom stereocenters. The molecule has 130 valence electrons. The Morgan fingerprint density at radius 1 is 1.32 bits per heavy atom. The van der Waals surface area contributed by atoms with E-state index in [0.29, 0.717) is 17.9 Å². The molecule has 0 saturated carbocycles. The molecule has 6 heteroatoms. The first-order valence-electron chi connectivity index (χ1n) is 8.24. The van der Waals surface area contributed by atoms with Gasteiger partial charge >= 0.3 is 5.97 Å². The molecule has 0 saturated heterocycles. The molecular weight excluding hydrogens is 336 g/mol. The Labute approximate surface area is 151 Å². The predicted octanol–water partition coefficient (Wildman–Crippen LogP) is 3.61. The van der Waals surface area contributed by atoms with E-state index in [1.54, 1.807) is 12.1 Å². The van der Waals surface area contributed by atoms with Gasteiger partial charge in [0, 0.05) is 16.3 Å². The number of benzene rings is 1. The van der Waals surface area contributed by atoms with Crippen LogP contribution in [-0.4, -0.2) is 28.7 Å². The minimum atomic E-state index is -0.377. The molecule has 1 N–H and O–H groups in total. The van der Waals surface area contributed by atoms with E-state index in [1.165, 1.54) is 11.8 Å². The summed E-state index contributed by atoms with van der Waals surface area (Å²) in [5.74, 6) is -0.424. The Morgan fingerprint density at radius 2 is 2.16 bits per heavy atom. The number of ether oxygens (including phenoxy) is 1. The smallest absolute Gasteiger partial charge is 0.338 e. The van der Waals surface area contributed by atoms with Crippen molar-refractivity contribution in [3.8, 4) is 0 Å². The van der Waals surface area contributed by atoms with Gasteiger partial charge in [-0.2, -0.15) is 0 Å². The highest BCUT2D eigenvalue weighted by molar-refractivity contribution is 8.00. The highest BCUT2D eigenvalue weighted by atomic mass is 32.2. The van der Waals surface area contributed by atoms with E-state index < -0.39 is 0 Å². The lowest BCUT2D eigenvalue weighted by Crippen LogP contribution is -2.26. The van der Waals surface area contributed by atoms with Crippen LogP contribution in [0.4, 0.5) is 5.69 Å². The number of nitrogens with zero attached hydrogens (tertiary/aromatic N) is 1. The summed E-state index contributed by atoms with van der Waals surface area (Å²) in [7, 11) is 0. The van der Waals surface area contributed by atoms with Crippen molar-refractivity contribution in [3.63, 3.8) is 0 Å². The second kappa shape index (κ2) is 7.70. The monoisotopic (exact) mass is 356 g/mol. The Balaban J connectivity index is 1.53. The maximum atomic E-state index is 12.2. The zero-order valence-corrected chi connectivity index (χ0v) is 15.1. The lowest BCUT2D eigenvalue weighted by molar-refractivity contribution is -0.115. The summed E-state index contributed by atoms with van der Waals surface area (Å²) in [4.78, 5) is 29.3. The van der Waals surface area contributed by atoms with E-state index in [9.17, 15) is 9.59 Å². The molecule has 5 nitrogen and oxygen atoms in total. The van der Waals surface area contributed by atoms with Crippen molar-refractivity contribution in [1.82, 2.24) is 4.98 Å². The summed E-state index contributed by atoms with van der Waals surface area (Å²) in [6, 6.07) is 11.2. The standard InChI is InChI=1S/C19H20N2O3S/c1-12-5-3-6-15(20-12)7-4-10-24-19(23)14-8-9-17-16(11-14)21-18(22)13(2)25-17/h3,5-6,8-9,11,13H,4,7,10H2,1-2H3,(H,21,22). The molecule has 2 aromatic rings. The summed E-state index contributed by atoms with van der Waals surface area (Å²) in [6.07, 6.45) is 1.49. The SMILES string of the molecule is Cc1cccc(CCCOC(=O)c2ccc3c(c2)NC(=O)C(C)S3)n1. The Bertz CT molecular complexity index is 807. The van der Waals surface area contributed by atoms with Crippen LogP contribution < -0.4 is 5.32 Å². The number of carbonyl (C=O) groups excluding carboxylic acids is 2. The first kappa shape index (κ1) is 17.5. The summed E-state index contributed by atoms with van der Waals surface area (Å²) in [6.45, 7) is 4.15. The first-order chi connectivity index (χ1) is 12.0. The van der Waals surface area contributed by atoms with Gasteiger partial charge < -0.3 is 10.1 Å². The van der Waals surface area contributed by atoms with Gasteiger partial charge in [0.15, 0.2) is 0 Å². The van der Waals surface area contributed by atoms with E-state index in [1.807, 2.05) is 38.1 Å². The molecule has 3 rings (SSSR count). The number of pyridine rings is 1. The topological polar surface area (TPSA) is 68.3 Å². The molecule has 25 heavy (non-hydrogen) atoms. The summed E-state index contributed by atoms with van der Waals surface area (Å²) >= 11 is 1.49. The van der Waals surface area contributed by atoms with Gasteiger partial charge in [-0.1, -0.05) is 6.07 Å². The van der Waals surface area contributed by atoms with Crippen LogP contribution in [0.1, 0.15) is 35.1 Å². The fourth-order valence-electron chi connectivity index (χ4n) is 2.58. The van der Waals surface area contributed by atoms with Crippen LogP contribution in [0.5, 0.6) is 0 Å². The zero-order valence-electron chi connectivity index (χ0n) is 14.2. The molecule has 1 amide bonds. The number of rotatable bonds is 5. The van der Waals surface area contributed by atoms with Gasteiger partial charge in [-0.25, -0.2) is 4.79 Å². The third kappa shape index (κ3) is 4.39. The summed E-state index contributed by atoms with van der Waals surface area (Å²) in [5.41, 5.74) is 3.10. The second-order valence-electron chi connectivity index (χ2n) is 5.97. The third-order valence-corrected chi connectivity index (χ3v) is 5.08. The lowest BCUT2D eigenvalue weighted by Gasteiger charge is -2.21. The van der Waals surface area contributed by atoms with Crippen molar-refractivity contribution >= 4 is 29.3 Å². The average molecular weight is 356 g/mol. The van der Waals surface area contributed by atoms with Crippen LogP contribution in [0.2, 0.25) is 0 Å². The molecule has 0 aliphatic carbocycles. The number of hydrogen-bond acceptors (Lipinski definition) is 5. The molecule has 1 aliphatic heterocycles. The quantitative estimate of drug-likeness (QED) is 0.655. The normalized spacial score (nSPS) is 16.1. The minimum Gasteiger partial charge on any atom is -0.462 e. The lowest BCUT2D eigenvalue weighted by atomic mass is 10.2. The van der Waals surface area contributed by atoms with Crippen LogP contribution in [-0.2, 0) is 16.0 Å². The van der Waals surface area contributed by atoms with Gasteiger partial charge in [0.2, 0.25) is 5.91 Å². The molecule has 1 aromatic carbocycles. The molecule has 1 aromatic heterocycles. The van der Waals surface area contributed by atoms with E-state index in [-0.39, 0.29) is 17.1 Å². The number of anilines is 1. The van der Waals surface area contributed by atoms with E-state index in [0.717, 1.165) is 29.1 Å². The van der Waals surface area contributed by atoms with Crippen molar-refractivity contribution in [2.45, 2.75) is 36.8 Å². The van der Waals surface area contributed by atoms with Gasteiger partial charge in [0.25, 0.3) is 0 Å². The zero-order chi connectivity index (χ0) is 17.8. The highest BCUT2D eigenvalue weighted by Gasteiger charge is 2.23. The molecule has 0 fully saturated rings. The van der Waals surface area contributed by atoms with Gasteiger partial charge in [0.05, 0.1) is 23.1 Å². The van der Waals surface area contributed by atoms with E-state index in [4.69, 9.17) is 4.74 Å². The van der Waals surface area contributed by atoms with Crippen molar-refractivity contribution < 1.29 is 14.3 Å². The Kier molecular flexibility index (Phi) is 5.38. The fraction of sp³-hybridized carbons (Fsp3) is 0.316. The third-order valence-electron chi connectivity index (χ3n) is 3.90. The Hall–Kier alpha value is -2.34. The highest BCUT2D eigenvalue weighted by Crippen LogP contribution is 2.36. The molecule has 0 bridgehead atoms. The second-order valence-corrected chi connectivity index (χ2v) is 7.35. The number of hydrogen-bond donors (Lipinski definition) is 1. The van der Waals surface area contributed by atoms with Crippen LogP contribution in [0.15, 0.2) is 41.3 Å². The van der Waals surface area contributed by atoms with Crippen molar-refractivity contribution in [3.05, 3.63) is 53.3 Å². The van der Waals surface area contributed by atoms with Crippen molar-refractivity contribution in [2.24, 2.45) is 0 Å². The molecule has 2 heterocycles. The molecule has 1 aliphatic rings. The number of thioether (sulfide) groups is 1. The van der Waals surface area contributed by atoms with Crippen LogP contribution in [0, 0.1) is 6.92 Å². The van der Waals surface area contributed by atoms with Crippen molar-refractivity contribution in [1.29, 1.82) is 0 Å². The number of amides is 1. The number of nitrogens with one attached hydrogen (secondary N) is 1. The predicted molar refractivity (Wildman–Crippen MR) is 98.0 cm³/mol. The fourth-order valence-corrected chi connectivity index (χ4v) is 3.51. The van der Waals surface area contributed by atoms with Gasteiger partial charge in [0.1, 0.15) is 0 Å². The number of aryl methyl sites for hydroxylation is 2. The Morgan fingerprint density at radius 3 is 2.96 bits per heavy atom. The minimum absolute atomic E-state index is 0.0475. The van der Waals surface area contributed by atoms with Crippen LogP contribution >= 0.6 is 11.8 Å². The van der Waals surface area contributed by atoms with Crippen LogP contribution in [0.3, 0.4) is 0 Å². The summed E-state index contributed by atoms with van der Waals surface area (Å²) < 4.78 is 5.33. The van der Waals surface area contributed by atoms with Gasteiger partial charge in [-0.05, 0) is 57.0 Å². The van der Waals surface area contributed by atoms with E-state index in [2.05, 4.69) is 10.3 Å². The number of fused-ring (bicyclic) bond motifs is 1. The van der Waals surface area contributed by atoms with Gasteiger partial charge in [-0.15, -0.1) is 11.8 Å². The maximum absolute atomic E-state index is 12.2. The van der Waals surface area contributed by atoms with Crippen molar-refractivity contribution in [2.75, 3.05) is 11.9 Å². The number of esters is 1. The maximum Gasteiger partial charge on any atom is 0.338 e. The average Bonchev–Trinajstić information content (AvgIpc) is 2.59. The first-order valence-corrected chi connectivity index (χ1v) is 9.12. The van der Waals surface area contributed by atoms with Gasteiger partial charge in [-0.3, -0.25) is 9.78 Å².